The molecule has 2 nitrogen and oxygen atoms in total. The molecule has 3 rings (SSSR count). The highest BCUT2D eigenvalue weighted by atomic mass is 15.1. The zero-order valence-electron chi connectivity index (χ0n) is 16.0. The minimum Gasteiger partial charge on any atom is -0.378 e. The summed E-state index contributed by atoms with van der Waals surface area (Å²) in [6, 6.07) is 25.9. The van der Waals surface area contributed by atoms with Crippen molar-refractivity contribution in [1.29, 1.82) is 0 Å². The quantitative estimate of drug-likeness (QED) is 0.716. The lowest BCUT2D eigenvalue weighted by Crippen LogP contribution is -2.12. The van der Waals surface area contributed by atoms with Crippen LogP contribution in [-0.2, 0) is 0 Å². The number of benzene rings is 3. The van der Waals surface area contributed by atoms with Crippen LogP contribution in [0.1, 0.15) is 11.1 Å². The fraction of sp³-hybridized carbons (Fsp3) is 0.167. The molecule has 0 spiro atoms. The number of anilines is 2. The lowest BCUT2D eigenvalue weighted by Gasteiger charge is -2.16. The zero-order valence-corrected chi connectivity index (χ0v) is 16.0. The van der Waals surface area contributed by atoms with Gasteiger partial charge >= 0.3 is 0 Å². The van der Waals surface area contributed by atoms with Gasteiger partial charge in [-0.3, -0.25) is 0 Å². The molecule has 0 bridgehead atoms. The van der Waals surface area contributed by atoms with Crippen LogP contribution < -0.4 is 20.2 Å². The molecule has 0 heterocycles. The molecule has 0 aliphatic rings. The molecular weight excluding hydrogens is 316 g/mol. The van der Waals surface area contributed by atoms with Crippen molar-refractivity contribution in [1.82, 2.24) is 0 Å². The van der Waals surface area contributed by atoms with E-state index >= 15 is 0 Å². The lowest BCUT2D eigenvalue weighted by molar-refractivity contribution is 1.13. The van der Waals surface area contributed by atoms with Crippen molar-refractivity contribution in [2.45, 2.75) is 0 Å². The van der Waals surface area contributed by atoms with E-state index in [1.165, 1.54) is 33.3 Å². The van der Waals surface area contributed by atoms with Crippen LogP contribution in [0.25, 0.3) is 12.2 Å². The van der Waals surface area contributed by atoms with Crippen LogP contribution in [0.3, 0.4) is 0 Å². The van der Waals surface area contributed by atoms with E-state index in [0.717, 1.165) is 5.22 Å². The Labute approximate surface area is 156 Å². The summed E-state index contributed by atoms with van der Waals surface area (Å²) in [7, 11) is 8.25. The molecule has 0 aliphatic carbocycles. The van der Waals surface area contributed by atoms with Gasteiger partial charge in [0.1, 0.15) is 0 Å². The number of hydrogen-bond acceptors (Lipinski definition) is 2. The highest BCUT2D eigenvalue weighted by molar-refractivity contribution is 5.80. The highest BCUT2D eigenvalue weighted by Crippen LogP contribution is 2.25. The maximum Gasteiger partial charge on any atom is 0.0361 e. The first-order valence-electron chi connectivity index (χ1n) is 8.80. The van der Waals surface area contributed by atoms with Gasteiger partial charge in [-0.25, -0.2) is 0 Å². The largest absolute Gasteiger partial charge is 0.378 e. The fourth-order valence-corrected chi connectivity index (χ4v) is 3.02. The van der Waals surface area contributed by atoms with Gasteiger partial charge in [-0.2, -0.15) is 0 Å². The summed E-state index contributed by atoms with van der Waals surface area (Å²) in [5.74, 6) is 0. The molecule has 0 unspecified atom stereocenters. The van der Waals surface area contributed by atoms with Gasteiger partial charge in [0.2, 0.25) is 0 Å². The Kier molecular flexibility index (Phi) is 5.13. The van der Waals surface area contributed by atoms with Gasteiger partial charge in [-0.15, -0.1) is 0 Å². The van der Waals surface area contributed by atoms with Crippen molar-refractivity contribution in [3.05, 3.63) is 94.4 Å². The topological polar surface area (TPSA) is 6.48 Å². The summed E-state index contributed by atoms with van der Waals surface area (Å²) in [4.78, 5) is 4.24. The van der Waals surface area contributed by atoms with Crippen LogP contribution in [-0.4, -0.2) is 28.2 Å². The Bertz CT molecular complexity index is 905. The average Bonchev–Trinajstić information content (AvgIpc) is 2.64. The van der Waals surface area contributed by atoms with E-state index in [9.17, 15) is 0 Å². The summed E-state index contributed by atoms with van der Waals surface area (Å²) < 4.78 is 0. The van der Waals surface area contributed by atoms with Crippen LogP contribution >= 0.6 is 0 Å². The normalized spacial score (nSPS) is 10.5. The Morgan fingerprint density at radius 3 is 1.31 bits per heavy atom. The van der Waals surface area contributed by atoms with Gasteiger partial charge in [0.25, 0.3) is 0 Å². The van der Waals surface area contributed by atoms with E-state index in [4.69, 9.17) is 0 Å². The summed E-state index contributed by atoms with van der Waals surface area (Å²) in [5, 5.41) is 2.23. The lowest BCUT2D eigenvalue weighted by atomic mass is 9.95. The third-order valence-electron chi connectivity index (χ3n) is 4.59. The fourth-order valence-electron chi connectivity index (χ4n) is 3.02. The maximum atomic E-state index is 4.01. The molecule has 0 fully saturated rings. The second kappa shape index (κ2) is 7.49. The van der Waals surface area contributed by atoms with Crippen molar-refractivity contribution in [3.8, 4) is 0 Å². The third kappa shape index (κ3) is 3.80. The molecule has 3 aromatic rings. The molecule has 26 heavy (non-hydrogen) atoms. The molecule has 0 radical (unpaired) electrons. The Balaban J connectivity index is 2.18. The molecule has 0 saturated carbocycles. The molecular formula is C24H26N2. The van der Waals surface area contributed by atoms with Crippen molar-refractivity contribution < 1.29 is 0 Å². The molecule has 0 aliphatic heterocycles. The van der Waals surface area contributed by atoms with Gasteiger partial charge < -0.3 is 9.80 Å². The van der Waals surface area contributed by atoms with Crippen LogP contribution in [0.4, 0.5) is 11.4 Å². The second-order valence-corrected chi connectivity index (χ2v) is 6.95. The number of hydrogen-bond donors (Lipinski definition) is 0. The van der Waals surface area contributed by atoms with E-state index in [1.54, 1.807) is 0 Å². The standard InChI is InChI=1S/C24H26N2/c1-18-6-8-19(9-7-18)24(20-10-14-22(15-11-20)25(2)3)21-12-16-23(17-13-21)26(4)5/h6-17H,1H2,2-5H3. The predicted molar refractivity (Wildman–Crippen MR) is 114 cm³/mol. The third-order valence-corrected chi connectivity index (χ3v) is 4.59. The predicted octanol–water partition coefficient (Wildman–Crippen LogP) is 3.48. The summed E-state index contributed by atoms with van der Waals surface area (Å²) in [5.41, 5.74) is 6.06. The maximum absolute atomic E-state index is 4.01. The molecule has 0 atom stereocenters. The van der Waals surface area contributed by atoms with E-state index in [-0.39, 0.29) is 0 Å². The molecule has 0 N–H and O–H groups in total. The Morgan fingerprint density at radius 1 is 0.577 bits per heavy atom. The van der Waals surface area contributed by atoms with Crippen molar-refractivity contribution in [2.24, 2.45) is 0 Å². The van der Waals surface area contributed by atoms with Crippen molar-refractivity contribution >= 4 is 23.5 Å². The van der Waals surface area contributed by atoms with Crippen LogP contribution in [0, 0.1) is 0 Å². The molecule has 132 valence electrons. The molecule has 0 aromatic heterocycles. The summed E-state index contributed by atoms with van der Waals surface area (Å²) in [6.07, 6.45) is 0. The van der Waals surface area contributed by atoms with Gasteiger partial charge in [0, 0.05) is 39.6 Å². The van der Waals surface area contributed by atoms with E-state index in [0.29, 0.717) is 0 Å². The molecule has 3 aromatic carbocycles. The van der Waals surface area contributed by atoms with Crippen molar-refractivity contribution in [2.75, 3.05) is 38.0 Å². The van der Waals surface area contributed by atoms with Crippen LogP contribution in [0.15, 0.2) is 72.8 Å². The van der Waals surface area contributed by atoms with Crippen molar-refractivity contribution in [3.63, 3.8) is 0 Å². The minimum atomic E-state index is 1.03. The Hall–Kier alpha value is -3.00. The number of rotatable bonds is 4. The zero-order chi connectivity index (χ0) is 18.7. The van der Waals surface area contributed by atoms with Gasteiger partial charge in [0.05, 0.1) is 0 Å². The SMILES string of the molecule is C=c1ccc(=C(c2ccc(N(C)C)cc2)c2ccc(N(C)C)cc2)cc1. The molecule has 0 saturated heterocycles. The summed E-state index contributed by atoms with van der Waals surface area (Å²) >= 11 is 0. The van der Waals surface area contributed by atoms with Gasteiger partial charge in [-0.05, 0) is 51.4 Å². The molecule has 0 amide bonds. The highest BCUT2D eigenvalue weighted by Gasteiger charge is 2.08. The Morgan fingerprint density at radius 2 is 0.962 bits per heavy atom. The van der Waals surface area contributed by atoms with E-state index in [1.807, 2.05) is 0 Å². The summed E-state index contributed by atoms with van der Waals surface area (Å²) in [6.45, 7) is 4.01. The van der Waals surface area contributed by atoms with E-state index in [2.05, 4.69) is 117 Å². The average molecular weight is 342 g/mol. The first-order chi connectivity index (χ1) is 12.5. The van der Waals surface area contributed by atoms with Crippen LogP contribution in [0.2, 0.25) is 0 Å². The van der Waals surface area contributed by atoms with Gasteiger partial charge in [0.15, 0.2) is 0 Å². The van der Waals surface area contributed by atoms with Crippen LogP contribution in [0.5, 0.6) is 0 Å². The second-order valence-electron chi connectivity index (χ2n) is 6.95. The number of nitrogens with zero attached hydrogens (tertiary/aromatic N) is 2. The minimum absolute atomic E-state index is 1.03. The first-order valence-corrected chi connectivity index (χ1v) is 8.80. The first kappa shape index (κ1) is 17.8. The smallest absolute Gasteiger partial charge is 0.0361 e. The van der Waals surface area contributed by atoms with Gasteiger partial charge in [-0.1, -0.05) is 55.1 Å². The molecule has 2 heteroatoms. The van der Waals surface area contributed by atoms with E-state index < -0.39 is 0 Å². The monoisotopic (exact) mass is 342 g/mol.